The van der Waals surface area contributed by atoms with E-state index in [0.29, 0.717) is 21.7 Å². The van der Waals surface area contributed by atoms with Gasteiger partial charge in [-0.2, -0.15) is 0 Å². The molecule has 5 nitrogen and oxygen atoms in total. The monoisotopic (exact) mass is 488 g/mol. The number of hydrogen-bond acceptors (Lipinski definition) is 4. The highest BCUT2D eigenvalue weighted by Gasteiger charge is 2.27. The van der Waals surface area contributed by atoms with E-state index in [1.807, 2.05) is 6.92 Å². The molecule has 0 radical (unpaired) electrons. The molecule has 1 aromatic heterocycles. The molecule has 1 unspecified atom stereocenters. The second kappa shape index (κ2) is 9.89. The van der Waals surface area contributed by atoms with Crippen LogP contribution in [0.15, 0.2) is 54.9 Å². The lowest BCUT2D eigenvalue weighted by Gasteiger charge is -2.24. The molecule has 2 aromatic carbocycles. The molecule has 33 heavy (non-hydrogen) atoms. The van der Waals surface area contributed by atoms with Gasteiger partial charge in [0.2, 0.25) is 0 Å². The van der Waals surface area contributed by atoms with Crippen LogP contribution in [-0.4, -0.2) is 22.5 Å². The molecule has 1 amide bonds. The summed E-state index contributed by atoms with van der Waals surface area (Å²) in [5.41, 5.74) is 2.15. The van der Waals surface area contributed by atoms with Gasteiger partial charge in [-0.3, -0.25) is 9.78 Å². The van der Waals surface area contributed by atoms with Gasteiger partial charge < -0.3 is 10.1 Å². The van der Waals surface area contributed by atoms with Crippen LogP contribution in [0.3, 0.4) is 0 Å². The van der Waals surface area contributed by atoms with Crippen molar-refractivity contribution in [1.82, 2.24) is 10.3 Å². The lowest BCUT2D eigenvalue weighted by Crippen LogP contribution is -2.38. The van der Waals surface area contributed by atoms with Crippen molar-refractivity contribution in [3.8, 4) is 11.1 Å². The van der Waals surface area contributed by atoms with Crippen LogP contribution in [0.2, 0.25) is 10.0 Å². The molecule has 0 aliphatic heterocycles. The number of halogens is 3. The highest BCUT2D eigenvalue weighted by Crippen LogP contribution is 2.30. The van der Waals surface area contributed by atoms with E-state index in [1.165, 1.54) is 12.1 Å². The zero-order valence-electron chi connectivity index (χ0n) is 18.6. The zero-order chi connectivity index (χ0) is 24.3. The van der Waals surface area contributed by atoms with Gasteiger partial charge in [0.05, 0.1) is 16.2 Å². The average Bonchev–Trinajstić information content (AvgIpc) is 2.72. The predicted molar refractivity (Wildman–Crippen MR) is 127 cm³/mol. The minimum absolute atomic E-state index is 0.253. The van der Waals surface area contributed by atoms with Crippen molar-refractivity contribution < 1.29 is 18.7 Å². The number of aromatic nitrogens is 1. The van der Waals surface area contributed by atoms with E-state index in [0.717, 1.165) is 17.3 Å². The molecule has 1 N–H and O–H groups in total. The second-order valence-electron chi connectivity index (χ2n) is 8.54. The van der Waals surface area contributed by atoms with Gasteiger partial charge in [0.1, 0.15) is 17.5 Å². The molecular formula is C25H23Cl2FN2O3. The number of carbonyl (C=O) groups excluding carboxylic acids is 2. The van der Waals surface area contributed by atoms with Crippen LogP contribution in [0.4, 0.5) is 9.18 Å². The number of hydrogen-bond donors (Lipinski definition) is 1. The van der Waals surface area contributed by atoms with E-state index < -0.39 is 23.6 Å². The molecule has 172 valence electrons. The molecule has 0 spiro atoms. The highest BCUT2D eigenvalue weighted by molar-refractivity contribution is 6.42. The van der Waals surface area contributed by atoms with Crippen molar-refractivity contribution in [2.24, 2.45) is 0 Å². The van der Waals surface area contributed by atoms with Gasteiger partial charge in [-0.15, -0.1) is 0 Å². The van der Waals surface area contributed by atoms with E-state index in [1.54, 1.807) is 57.3 Å². The zero-order valence-corrected chi connectivity index (χ0v) is 20.1. The van der Waals surface area contributed by atoms with Crippen molar-refractivity contribution in [2.75, 3.05) is 0 Å². The SMILES string of the molecule is Cc1cc(C(=O)C(NC(=O)OC(C)(C)C)c2ccc(Cl)c(Cl)c2)ccc1-c1cncc(F)c1. The van der Waals surface area contributed by atoms with Crippen LogP contribution in [0.1, 0.15) is 48.3 Å². The van der Waals surface area contributed by atoms with Crippen LogP contribution in [0.25, 0.3) is 11.1 Å². The number of benzene rings is 2. The third-order valence-electron chi connectivity index (χ3n) is 4.73. The first-order valence-electron chi connectivity index (χ1n) is 10.1. The van der Waals surface area contributed by atoms with E-state index in [9.17, 15) is 14.0 Å². The minimum Gasteiger partial charge on any atom is -0.444 e. The third kappa shape index (κ3) is 6.30. The van der Waals surface area contributed by atoms with Gasteiger partial charge in [0, 0.05) is 17.3 Å². The number of Topliss-reactive ketones (excluding diaryl/α,β-unsaturated/α-hetero) is 1. The molecule has 0 saturated carbocycles. The average molecular weight is 489 g/mol. The number of nitrogens with zero attached hydrogens (tertiary/aromatic N) is 1. The van der Waals surface area contributed by atoms with Crippen LogP contribution >= 0.6 is 23.2 Å². The van der Waals surface area contributed by atoms with Crippen molar-refractivity contribution in [1.29, 1.82) is 0 Å². The van der Waals surface area contributed by atoms with E-state index >= 15 is 0 Å². The van der Waals surface area contributed by atoms with Crippen LogP contribution < -0.4 is 5.32 Å². The molecule has 0 fully saturated rings. The first kappa shape index (κ1) is 24.7. The molecule has 8 heteroatoms. The van der Waals surface area contributed by atoms with Crippen LogP contribution in [0.5, 0.6) is 0 Å². The summed E-state index contributed by atoms with van der Waals surface area (Å²) in [7, 11) is 0. The number of ether oxygens (including phenoxy) is 1. The molecule has 3 rings (SSSR count). The fraction of sp³-hybridized carbons (Fsp3) is 0.240. The topological polar surface area (TPSA) is 68.3 Å². The normalized spacial score (nSPS) is 12.2. The Hall–Kier alpha value is -2.96. The van der Waals surface area contributed by atoms with Gasteiger partial charge in [-0.05, 0) is 68.7 Å². The van der Waals surface area contributed by atoms with Crippen LogP contribution in [-0.2, 0) is 4.74 Å². The Morgan fingerprint density at radius 1 is 1.03 bits per heavy atom. The number of amides is 1. The fourth-order valence-corrected chi connectivity index (χ4v) is 3.59. The Bertz CT molecular complexity index is 1210. The standard InChI is InChI=1S/C25H23Cl2FN2O3/c1-14-9-16(5-7-19(14)17-10-18(28)13-29-12-17)23(31)22(30-24(32)33-25(2,3)4)15-6-8-20(26)21(27)11-15/h5-13,22H,1-4H3,(H,30,32). The number of rotatable bonds is 5. The Morgan fingerprint density at radius 2 is 1.76 bits per heavy atom. The van der Waals surface area contributed by atoms with E-state index in [2.05, 4.69) is 10.3 Å². The van der Waals surface area contributed by atoms with E-state index in [4.69, 9.17) is 27.9 Å². The molecule has 1 heterocycles. The molecule has 0 aliphatic carbocycles. The number of pyridine rings is 1. The first-order chi connectivity index (χ1) is 15.4. The lowest BCUT2D eigenvalue weighted by atomic mass is 9.93. The van der Waals surface area contributed by atoms with Gasteiger partial charge >= 0.3 is 6.09 Å². The van der Waals surface area contributed by atoms with Crippen molar-refractivity contribution in [3.63, 3.8) is 0 Å². The van der Waals surface area contributed by atoms with Gasteiger partial charge in [-0.25, -0.2) is 9.18 Å². The van der Waals surface area contributed by atoms with Gasteiger partial charge in [-0.1, -0.05) is 41.4 Å². The molecule has 1 atom stereocenters. The number of aryl methyl sites for hydroxylation is 1. The lowest BCUT2D eigenvalue weighted by molar-refractivity contribution is 0.0491. The predicted octanol–water partition coefficient (Wildman–Crippen LogP) is 6.95. The fourth-order valence-electron chi connectivity index (χ4n) is 3.28. The summed E-state index contributed by atoms with van der Waals surface area (Å²) < 4.78 is 18.9. The highest BCUT2D eigenvalue weighted by atomic mass is 35.5. The molecule has 3 aromatic rings. The minimum atomic E-state index is -1.06. The molecule has 0 bridgehead atoms. The summed E-state index contributed by atoms with van der Waals surface area (Å²) in [4.78, 5) is 29.8. The molecule has 0 saturated heterocycles. The summed E-state index contributed by atoms with van der Waals surface area (Å²) in [6.07, 6.45) is 1.93. The van der Waals surface area contributed by atoms with Gasteiger partial charge in [0.25, 0.3) is 0 Å². The maximum absolute atomic E-state index is 13.6. The van der Waals surface area contributed by atoms with Crippen molar-refractivity contribution in [2.45, 2.75) is 39.3 Å². The third-order valence-corrected chi connectivity index (χ3v) is 5.47. The molecular weight excluding hydrogens is 466 g/mol. The van der Waals surface area contributed by atoms with Gasteiger partial charge in [0.15, 0.2) is 5.78 Å². The smallest absolute Gasteiger partial charge is 0.408 e. The quantitative estimate of drug-likeness (QED) is 0.394. The Balaban J connectivity index is 1.97. The summed E-state index contributed by atoms with van der Waals surface area (Å²) in [5.74, 6) is -0.820. The first-order valence-corrected chi connectivity index (χ1v) is 10.9. The summed E-state index contributed by atoms with van der Waals surface area (Å²) in [6, 6.07) is 10.0. The van der Waals surface area contributed by atoms with Crippen molar-refractivity contribution in [3.05, 3.63) is 87.4 Å². The summed E-state index contributed by atoms with van der Waals surface area (Å²) in [5, 5.41) is 3.22. The number of nitrogens with one attached hydrogen (secondary N) is 1. The van der Waals surface area contributed by atoms with Crippen LogP contribution in [0, 0.1) is 12.7 Å². The summed E-state index contributed by atoms with van der Waals surface area (Å²) in [6.45, 7) is 7.00. The second-order valence-corrected chi connectivity index (χ2v) is 9.35. The summed E-state index contributed by atoms with van der Waals surface area (Å²) >= 11 is 12.2. The maximum atomic E-state index is 13.6. The number of alkyl carbamates (subject to hydrolysis) is 1. The largest absolute Gasteiger partial charge is 0.444 e. The van der Waals surface area contributed by atoms with E-state index in [-0.39, 0.29) is 10.8 Å². The number of carbonyl (C=O) groups is 2. The molecule has 0 aliphatic rings. The number of ketones is 1. The Kier molecular flexibility index (Phi) is 7.40. The van der Waals surface area contributed by atoms with Crippen molar-refractivity contribution >= 4 is 35.1 Å². The Labute approximate surface area is 201 Å². The maximum Gasteiger partial charge on any atom is 0.408 e. The Morgan fingerprint density at radius 3 is 2.36 bits per heavy atom.